The summed E-state index contributed by atoms with van der Waals surface area (Å²) in [6.07, 6.45) is 0.921. The normalized spacial score (nSPS) is 25.8. The van der Waals surface area contributed by atoms with Gasteiger partial charge in [0.2, 0.25) is 0 Å². The molecule has 13 heavy (non-hydrogen) atoms. The van der Waals surface area contributed by atoms with Crippen LogP contribution in [0.15, 0.2) is 18.3 Å². The van der Waals surface area contributed by atoms with E-state index in [1.165, 1.54) is 0 Å². The first-order valence-corrected chi connectivity index (χ1v) is 4.38. The summed E-state index contributed by atoms with van der Waals surface area (Å²) in [4.78, 5) is 2.95. The minimum atomic E-state index is -0.615. The fourth-order valence-electron chi connectivity index (χ4n) is 1.42. The number of hydrogen-bond acceptors (Lipinski definition) is 3. The number of rotatable bonds is 2. The lowest BCUT2D eigenvalue weighted by atomic mass is 10.1. The highest BCUT2D eigenvalue weighted by Gasteiger charge is 2.24. The van der Waals surface area contributed by atoms with Crippen molar-refractivity contribution in [3.8, 4) is 0 Å². The zero-order valence-electron chi connectivity index (χ0n) is 7.27. The van der Waals surface area contributed by atoms with Crippen LogP contribution in [0.3, 0.4) is 0 Å². The number of aromatic amines is 1. The van der Waals surface area contributed by atoms with Crippen molar-refractivity contribution in [2.45, 2.75) is 12.2 Å². The van der Waals surface area contributed by atoms with Gasteiger partial charge in [-0.05, 0) is 12.1 Å². The van der Waals surface area contributed by atoms with Gasteiger partial charge in [-0.25, -0.2) is 0 Å². The van der Waals surface area contributed by atoms with Crippen molar-refractivity contribution in [3.63, 3.8) is 0 Å². The SMILES string of the molecule is OC(c1ccc[nH]1)C1COCCO1. The number of nitrogens with one attached hydrogen (secondary N) is 1. The molecular formula is C9H13NO3. The van der Waals surface area contributed by atoms with Crippen LogP contribution < -0.4 is 0 Å². The molecule has 1 aromatic heterocycles. The van der Waals surface area contributed by atoms with Gasteiger partial charge in [-0.1, -0.05) is 0 Å². The zero-order valence-corrected chi connectivity index (χ0v) is 7.27. The zero-order chi connectivity index (χ0) is 9.10. The molecule has 0 bridgehead atoms. The molecule has 0 aliphatic carbocycles. The highest BCUT2D eigenvalue weighted by Crippen LogP contribution is 2.19. The quantitative estimate of drug-likeness (QED) is 0.700. The first kappa shape index (κ1) is 8.74. The van der Waals surface area contributed by atoms with Crippen LogP contribution in [-0.4, -0.2) is 36.0 Å². The molecule has 2 unspecified atom stereocenters. The minimum Gasteiger partial charge on any atom is -0.384 e. The Balaban J connectivity index is 1.99. The molecule has 2 atom stereocenters. The van der Waals surface area contributed by atoms with Crippen molar-refractivity contribution in [1.29, 1.82) is 0 Å². The van der Waals surface area contributed by atoms with Gasteiger partial charge >= 0.3 is 0 Å². The van der Waals surface area contributed by atoms with Crippen molar-refractivity contribution in [2.75, 3.05) is 19.8 Å². The van der Waals surface area contributed by atoms with Crippen molar-refractivity contribution >= 4 is 0 Å². The Morgan fingerprint density at radius 2 is 2.46 bits per heavy atom. The Kier molecular flexibility index (Phi) is 2.63. The van der Waals surface area contributed by atoms with E-state index in [4.69, 9.17) is 9.47 Å². The van der Waals surface area contributed by atoms with E-state index in [-0.39, 0.29) is 6.10 Å². The van der Waals surface area contributed by atoms with E-state index in [2.05, 4.69) is 4.98 Å². The smallest absolute Gasteiger partial charge is 0.122 e. The van der Waals surface area contributed by atoms with Gasteiger partial charge in [0.25, 0.3) is 0 Å². The largest absolute Gasteiger partial charge is 0.384 e. The molecule has 2 rings (SSSR count). The monoisotopic (exact) mass is 183 g/mol. The fraction of sp³-hybridized carbons (Fsp3) is 0.556. The molecule has 72 valence electrons. The average Bonchev–Trinajstić information content (AvgIpc) is 2.71. The summed E-state index contributed by atoms with van der Waals surface area (Å²) in [6, 6.07) is 3.69. The number of aromatic nitrogens is 1. The van der Waals surface area contributed by atoms with Crippen LogP contribution in [0.4, 0.5) is 0 Å². The number of H-pyrrole nitrogens is 1. The topological polar surface area (TPSA) is 54.5 Å². The molecule has 2 N–H and O–H groups in total. The van der Waals surface area contributed by atoms with Crippen LogP contribution >= 0.6 is 0 Å². The summed E-state index contributed by atoms with van der Waals surface area (Å²) in [6.45, 7) is 1.64. The molecule has 0 saturated carbocycles. The third-order valence-corrected chi connectivity index (χ3v) is 2.13. The van der Waals surface area contributed by atoms with Gasteiger partial charge in [-0.2, -0.15) is 0 Å². The lowest BCUT2D eigenvalue weighted by Gasteiger charge is -2.26. The lowest BCUT2D eigenvalue weighted by Crippen LogP contribution is -2.33. The third-order valence-electron chi connectivity index (χ3n) is 2.13. The number of aliphatic hydroxyl groups is 1. The number of ether oxygens (including phenoxy) is 2. The van der Waals surface area contributed by atoms with Gasteiger partial charge in [0.15, 0.2) is 0 Å². The van der Waals surface area contributed by atoms with Gasteiger partial charge in [-0.3, -0.25) is 0 Å². The van der Waals surface area contributed by atoms with E-state index in [0.29, 0.717) is 19.8 Å². The van der Waals surface area contributed by atoms with E-state index in [0.717, 1.165) is 5.69 Å². The molecule has 1 fully saturated rings. The molecule has 4 heteroatoms. The average molecular weight is 183 g/mol. The standard InChI is InChI=1S/C9H13NO3/c11-9(7-2-1-3-10-7)8-6-12-4-5-13-8/h1-3,8-11H,4-6H2. The van der Waals surface area contributed by atoms with Crippen molar-refractivity contribution in [2.24, 2.45) is 0 Å². The summed E-state index contributed by atoms with van der Waals surface area (Å²) >= 11 is 0. The van der Waals surface area contributed by atoms with Crippen LogP contribution in [0.25, 0.3) is 0 Å². The second-order valence-electron chi connectivity index (χ2n) is 3.05. The maximum absolute atomic E-state index is 9.80. The van der Waals surface area contributed by atoms with E-state index in [1.54, 1.807) is 6.20 Å². The Morgan fingerprint density at radius 3 is 3.08 bits per heavy atom. The summed E-state index contributed by atoms with van der Waals surface area (Å²) in [5.74, 6) is 0. The van der Waals surface area contributed by atoms with Crippen LogP contribution in [0.2, 0.25) is 0 Å². The van der Waals surface area contributed by atoms with Gasteiger partial charge in [-0.15, -0.1) is 0 Å². The second-order valence-corrected chi connectivity index (χ2v) is 3.05. The van der Waals surface area contributed by atoms with Gasteiger partial charge in [0, 0.05) is 11.9 Å². The third kappa shape index (κ3) is 1.91. The summed E-state index contributed by atoms with van der Waals surface area (Å²) in [5, 5.41) is 9.80. The van der Waals surface area contributed by atoms with E-state index in [9.17, 15) is 5.11 Å². The molecule has 0 radical (unpaired) electrons. The maximum Gasteiger partial charge on any atom is 0.122 e. The van der Waals surface area contributed by atoms with Crippen molar-refractivity contribution in [1.82, 2.24) is 4.98 Å². The maximum atomic E-state index is 9.80. The van der Waals surface area contributed by atoms with Crippen LogP contribution in [0, 0.1) is 0 Å². The predicted octanol–water partition coefficient (Wildman–Crippen LogP) is 0.463. The van der Waals surface area contributed by atoms with Crippen LogP contribution in [0.1, 0.15) is 11.8 Å². The number of hydrogen-bond donors (Lipinski definition) is 2. The van der Waals surface area contributed by atoms with Gasteiger partial charge in [0.05, 0.1) is 19.8 Å². The Morgan fingerprint density at radius 1 is 1.54 bits per heavy atom. The second kappa shape index (κ2) is 3.91. The van der Waals surface area contributed by atoms with E-state index in [1.807, 2.05) is 12.1 Å². The highest BCUT2D eigenvalue weighted by molar-refractivity contribution is 5.08. The van der Waals surface area contributed by atoms with E-state index >= 15 is 0 Å². The molecule has 0 aromatic carbocycles. The first-order chi connectivity index (χ1) is 6.38. The Labute approximate surface area is 76.5 Å². The van der Waals surface area contributed by atoms with Crippen LogP contribution in [-0.2, 0) is 9.47 Å². The van der Waals surface area contributed by atoms with Gasteiger partial charge in [0.1, 0.15) is 12.2 Å². The molecule has 0 spiro atoms. The lowest BCUT2D eigenvalue weighted by molar-refractivity contribution is -0.134. The number of aliphatic hydroxyl groups excluding tert-OH is 1. The molecule has 1 aliphatic heterocycles. The predicted molar refractivity (Wildman–Crippen MR) is 46.3 cm³/mol. The molecule has 2 heterocycles. The van der Waals surface area contributed by atoms with E-state index < -0.39 is 6.10 Å². The highest BCUT2D eigenvalue weighted by atomic mass is 16.6. The van der Waals surface area contributed by atoms with Crippen LogP contribution in [0.5, 0.6) is 0 Å². The molecule has 1 aromatic rings. The minimum absolute atomic E-state index is 0.243. The molecule has 4 nitrogen and oxygen atoms in total. The summed E-state index contributed by atoms with van der Waals surface area (Å²) < 4.78 is 10.6. The summed E-state index contributed by atoms with van der Waals surface area (Å²) in [5.41, 5.74) is 0.774. The Hall–Kier alpha value is -0.840. The molecular weight excluding hydrogens is 170 g/mol. The fourth-order valence-corrected chi connectivity index (χ4v) is 1.42. The molecule has 1 aliphatic rings. The Bertz CT molecular complexity index is 241. The summed E-state index contributed by atoms with van der Waals surface area (Å²) in [7, 11) is 0. The molecule has 0 amide bonds. The molecule has 1 saturated heterocycles. The van der Waals surface area contributed by atoms with Gasteiger partial charge < -0.3 is 19.6 Å². The van der Waals surface area contributed by atoms with Crippen molar-refractivity contribution in [3.05, 3.63) is 24.0 Å². The van der Waals surface area contributed by atoms with Crippen molar-refractivity contribution < 1.29 is 14.6 Å². The first-order valence-electron chi connectivity index (χ1n) is 4.38.